The predicted octanol–water partition coefficient (Wildman–Crippen LogP) is 5.84. The van der Waals surface area contributed by atoms with E-state index in [1.807, 2.05) is 12.1 Å². The first-order chi connectivity index (χ1) is 13.2. The average molecular weight is 449 g/mol. The molecule has 0 unspecified atom stereocenters. The van der Waals surface area contributed by atoms with Crippen LogP contribution in [0.25, 0.3) is 0 Å². The van der Waals surface area contributed by atoms with Crippen LogP contribution in [0.2, 0.25) is 0 Å². The molecular weight excluding hydrogens is 424 g/mol. The summed E-state index contributed by atoms with van der Waals surface area (Å²) in [6, 6.07) is 12.3. The number of nitrogens with one attached hydrogen (secondary N) is 1. The fourth-order valence-corrected chi connectivity index (χ4v) is 3.03. The van der Waals surface area contributed by atoms with E-state index >= 15 is 0 Å². The van der Waals surface area contributed by atoms with E-state index in [-0.39, 0.29) is 17.0 Å². The molecule has 28 heavy (non-hydrogen) atoms. The highest BCUT2D eigenvalue weighted by atomic mass is 79.9. The van der Waals surface area contributed by atoms with E-state index in [1.165, 1.54) is 23.8 Å². The number of non-ortho nitro benzene ring substituents is 1. The minimum atomic E-state index is -0.483. The second-order valence-corrected chi connectivity index (χ2v) is 8.04. The molecule has 150 valence electrons. The summed E-state index contributed by atoms with van der Waals surface area (Å²) < 4.78 is 6.18. The smallest absolute Gasteiger partial charge is 0.270 e. The molecule has 0 saturated heterocycles. The molecule has 7 heteroatoms. The third-order valence-corrected chi connectivity index (χ3v) is 5.43. The number of carbonyl (C=O) groups is 1. The average Bonchev–Trinajstić information content (AvgIpc) is 2.67. The molecule has 2 aromatic carbocycles. The molecule has 2 aromatic rings. The van der Waals surface area contributed by atoms with Crippen molar-refractivity contribution in [1.29, 1.82) is 0 Å². The maximum absolute atomic E-state index is 12.1. The lowest BCUT2D eigenvalue weighted by atomic mass is 9.82. The van der Waals surface area contributed by atoms with Gasteiger partial charge < -0.3 is 10.1 Å². The SMILES string of the molecule is CCC(C)(C)c1ccc(OCCCC(=O)Nc2ccc([N+](=O)[O-])cc2Br)cc1. The number of benzene rings is 2. The van der Waals surface area contributed by atoms with Crippen molar-refractivity contribution < 1.29 is 14.5 Å². The first-order valence-corrected chi connectivity index (χ1v) is 9.99. The summed E-state index contributed by atoms with van der Waals surface area (Å²) in [6.07, 6.45) is 1.93. The number of amides is 1. The molecular formula is C21H25BrN2O4. The van der Waals surface area contributed by atoms with Crippen LogP contribution in [0.15, 0.2) is 46.9 Å². The number of nitro benzene ring substituents is 1. The van der Waals surface area contributed by atoms with Crippen molar-refractivity contribution >= 4 is 33.2 Å². The predicted molar refractivity (Wildman–Crippen MR) is 114 cm³/mol. The van der Waals surface area contributed by atoms with Gasteiger partial charge in [-0.2, -0.15) is 0 Å². The van der Waals surface area contributed by atoms with Crippen molar-refractivity contribution in [3.8, 4) is 5.75 Å². The number of hydrogen-bond donors (Lipinski definition) is 1. The maximum Gasteiger partial charge on any atom is 0.270 e. The van der Waals surface area contributed by atoms with Crippen molar-refractivity contribution in [3.63, 3.8) is 0 Å². The fourth-order valence-electron chi connectivity index (χ4n) is 2.56. The van der Waals surface area contributed by atoms with Crippen molar-refractivity contribution in [2.75, 3.05) is 11.9 Å². The van der Waals surface area contributed by atoms with Gasteiger partial charge in [0.1, 0.15) is 5.75 Å². The first kappa shape index (κ1) is 21.9. The van der Waals surface area contributed by atoms with Gasteiger partial charge in [0.05, 0.1) is 17.2 Å². The van der Waals surface area contributed by atoms with Crippen LogP contribution in [0.4, 0.5) is 11.4 Å². The van der Waals surface area contributed by atoms with Gasteiger partial charge in [0.25, 0.3) is 5.69 Å². The molecule has 1 N–H and O–H groups in total. The maximum atomic E-state index is 12.1. The van der Waals surface area contributed by atoms with Crippen LogP contribution < -0.4 is 10.1 Å². The van der Waals surface area contributed by atoms with Crippen LogP contribution in [-0.4, -0.2) is 17.4 Å². The van der Waals surface area contributed by atoms with Crippen molar-refractivity contribution in [2.24, 2.45) is 0 Å². The van der Waals surface area contributed by atoms with Crippen molar-refractivity contribution in [3.05, 3.63) is 62.6 Å². The summed E-state index contributed by atoms with van der Waals surface area (Å²) in [5.74, 6) is 0.618. The third-order valence-electron chi connectivity index (χ3n) is 4.77. The van der Waals surface area contributed by atoms with Crippen molar-refractivity contribution in [2.45, 2.75) is 45.4 Å². The Morgan fingerprint density at radius 3 is 2.46 bits per heavy atom. The number of nitro groups is 1. The molecule has 0 atom stereocenters. The molecule has 0 spiro atoms. The molecule has 6 nitrogen and oxygen atoms in total. The molecule has 0 aromatic heterocycles. The molecule has 0 aliphatic carbocycles. The minimum Gasteiger partial charge on any atom is -0.494 e. The molecule has 0 heterocycles. The Morgan fingerprint density at radius 2 is 1.89 bits per heavy atom. The van der Waals surface area contributed by atoms with Gasteiger partial charge in [0.2, 0.25) is 5.91 Å². The van der Waals surface area contributed by atoms with Gasteiger partial charge in [-0.05, 0) is 57.9 Å². The highest BCUT2D eigenvalue weighted by Crippen LogP contribution is 2.28. The molecule has 0 saturated carbocycles. The molecule has 2 rings (SSSR count). The molecule has 0 aliphatic rings. The zero-order valence-corrected chi connectivity index (χ0v) is 17.9. The number of nitrogens with zero attached hydrogens (tertiary/aromatic N) is 1. The van der Waals surface area contributed by atoms with Gasteiger partial charge in [-0.15, -0.1) is 0 Å². The monoisotopic (exact) mass is 448 g/mol. The molecule has 0 radical (unpaired) electrons. The zero-order valence-electron chi connectivity index (χ0n) is 16.3. The second-order valence-electron chi connectivity index (χ2n) is 7.18. The largest absolute Gasteiger partial charge is 0.494 e. The highest BCUT2D eigenvalue weighted by molar-refractivity contribution is 9.10. The molecule has 0 fully saturated rings. The second kappa shape index (κ2) is 9.68. The summed E-state index contributed by atoms with van der Waals surface area (Å²) >= 11 is 3.24. The van der Waals surface area contributed by atoms with E-state index in [0.29, 0.717) is 29.6 Å². The number of hydrogen-bond acceptors (Lipinski definition) is 4. The first-order valence-electron chi connectivity index (χ1n) is 9.20. The van der Waals surface area contributed by atoms with Gasteiger partial charge in [0, 0.05) is 23.0 Å². The number of halogens is 1. The van der Waals surface area contributed by atoms with E-state index in [4.69, 9.17) is 4.74 Å². The lowest BCUT2D eigenvalue weighted by Crippen LogP contribution is -2.15. The Labute approximate surface area is 173 Å². The van der Waals surface area contributed by atoms with Gasteiger partial charge in [-0.1, -0.05) is 32.9 Å². The Kier molecular flexibility index (Phi) is 7.57. The number of carbonyl (C=O) groups excluding carboxylic acids is 1. The molecule has 1 amide bonds. The van der Waals surface area contributed by atoms with E-state index in [2.05, 4.69) is 54.2 Å². The topological polar surface area (TPSA) is 81.5 Å². The van der Waals surface area contributed by atoms with Crippen LogP contribution >= 0.6 is 15.9 Å². The Hall–Kier alpha value is -2.41. The summed E-state index contributed by atoms with van der Waals surface area (Å²) in [6.45, 7) is 7.03. The van der Waals surface area contributed by atoms with Crippen LogP contribution in [0.3, 0.4) is 0 Å². The lowest BCUT2D eigenvalue weighted by molar-refractivity contribution is -0.384. The van der Waals surface area contributed by atoms with Gasteiger partial charge >= 0.3 is 0 Å². The number of anilines is 1. The number of ether oxygens (including phenoxy) is 1. The molecule has 0 aliphatic heterocycles. The van der Waals surface area contributed by atoms with E-state index in [0.717, 1.165) is 12.2 Å². The normalized spacial score (nSPS) is 11.1. The van der Waals surface area contributed by atoms with Crippen LogP contribution in [-0.2, 0) is 10.2 Å². The Balaban J connectivity index is 1.78. The van der Waals surface area contributed by atoms with Crippen LogP contribution in [0.5, 0.6) is 5.75 Å². The highest BCUT2D eigenvalue weighted by Gasteiger charge is 2.17. The summed E-state index contributed by atoms with van der Waals surface area (Å²) in [4.78, 5) is 22.3. The van der Waals surface area contributed by atoms with Gasteiger partial charge in [-0.25, -0.2) is 0 Å². The van der Waals surface area contributed by atoms with Gasteiger partial charge in [-0.3, -0.25) is 14.9 Å². The fraction of sp³-hybridized carbons (Fsp3) is 0.381. The summed E-state index contributed by atoms with van der Waals surface area (Å²) in [7, 11) is 0. The molecule has 0 bridgehead atoms. The minimum absolute atomic E-state index is 0.0355. The van der Waals surface area contributed by atoms with E-state index < -0.39 is 4.92 Å². The van der Waals surface area contributed by atoms with Crippen LogP contribution in [0, 0.1) is 10.1 Å². The Morgan fingerprint density at radius 1 is 1.21 bits per heavy atom. The van der Waals surface area contributed by atoms with Crippen molar-refractivity contribution in [1.82, 2.24) is 0 Å². The van der Waals surface area contributed by atoms with Gasteiger partial charge in [0.15, 0.2) is 0 Å². The van der Waals surface area contributed by atoms with Crippen LogP contribution in [0.1, 0.15) is 45.6 Å². The number of rotatable bonds is 9. The quantitative estimate of drug-likeness (QED) is 0.296. The van der Waals surface area contributed by atoms with E-state index in [1.54, 1.807) is 0 Å². The Bertz CT molecular complexity index is 835. The lowest BCUT2D eigenvalue weighted by Gasteiger charge is -2.23. The zero-order chi connectivity index (χ0) is 20.7. The summed E-state index contributed by atoms with van der Waals surface area (Å²) in [5.41, 5.74) is 1.88. The third kappa shape index (κ3) is 6.05. The van der Waals surface area contributed by atoms with E-state index in [9.17, 15) is 14.9 Å². The standard InChI is InChI=1S/C21H25BrN2O4/c1-4-21(2,3)15-7-10-17(11-8-15)28-13-5-6-20(25)23-19-12-9-16(24(26)27)14-18(19)22/h7-12,14H,4-6,13H2,1-3H3,(H,23,25). The summed E-state index contributed by atoms with van der Waals surface area (Å²) in [5, 5.41) is 13.5.